The maximum absolute atomic E-state index is 12.7. The van der Waals surface area contributed by atoms with Gasteiger partial charge in [-0.2, -0.15) is 5.10 Å². The lowest BCUT2D eigenvalue weighted by Gasteiger charge is -2.35. The molecule has 0 spiro atoms. The fourth-order valence-electron chi connectivity index (χ4n) is 3.57. The van der Waals surface area contributed by atoms with Gasteiger partial charge in [0.05, 0.1) is 16.9 Å². The summed E-state index contributed by atoms with van der Waals surface area (Å²) in [7, 11) is 0. The second kappa shape index (κ2) is 10.4. The Morgan fingerprint density at radius 1 is 1.12 bits per heavy atom. The summed E-state index contributed by atoms with van der Waals surface area (Å²) in [6.07, 6.45) is 0.550. The maximum Gasteiger partial charge on any atom is 0.410 e. The highest BCUT2D eigenvalue weighted by atomic mass is 35.5. The van der Waals surface area contributed by atoms with Crippen molar-refractivity contribution in [1.29, 1.82) is 0 Å². The van der Waals surface area contributed by atoms with Gasteiger partial charge in [0.25, 0.3) is 5.91 Å². The normalized spacial score (nSPS) is 15.0. The molecular weight excluding hydrogens is 430 g/mol. The van der Waals surface area contributed by atoms with Crippen molar-refractivity contribution >= 4 is 23.6 Å². The molecule has 1 aromatic heterocycles. The van der Waals surface area contributed by atoms with E-state index in [1.165, 1.54) is 0 Å². The van der Waals surface area contributed by atoms with Crippen molar-refractivity contribution in [3.63, 3.8) is 0 Å². The van der Waals surface area contributed by atoms with Crippen molar-refractivity contribution in [3.05, 3.63) is 46.7 Å². The van der Waals surface area contributed by atoms with Crippen molar-refractivity contribution < 1.29 is 14.3 Å². The van der Waals surface area contributed by atoms with E-state index in [2.05, 4.69) is 15.3 Å². The zero-order valence-corrected chi connectivity index (χ0v) is 20.0. The predicted molar refractivity (Wildman–Crippen MR) is 125 cm³/mol. The summed E-state index contributed by atoms with van der Waals surface area (Å²) >= 11 is 6.46. The number of rotatable bonds is 6. The quantitative estimate of drug-likeness (QED) is 0.666. The van der Waals surface area contributed by atoms with Crippen LogP contribution in [0.3, 0.4) is 0 Å². The number of hydrogen-bond acceptors (Lipinski definition) is 5. The van der Waals surface area contributed by atoms with Crippen LogP contribution in [0.4, 0.5) is 4.79 Å². The minimum Gasteiger partial charge on any atom is -0.444 e. The number of ether oxygens (including phenoxy) is 1. The summed E-state index contributed by atoms with van der Waals surface area (Å²) in [6.45, 7) is 11.7. The lowest BCUT2D eigenvalue weighted by atomic mass is 10.2. The molecule has 9 heteroatoms. The standard InChI is InChI=1S/C23H32ClN5O3/c1-17-19(20(24)29(26-17)18-9-6-5-7-10-18)21(30)25-11-8-12-27-13-15-28(16-14-27)22(31)32-23(2,3)4/h5-7,9-10H,8,11-16H2,1-4H3,(H,25,30). The fraction of sp³-hybridized carbons (Fsp3) is 0.522. The largest absolute Gasteiger partial charge is 0.444 e. The van der Waals surface area contributed by atoms with Crippen molar-refractivity contribution in [2.75, 3.05) is 39.3 Å². The van der Waals surface area contributed by atoms with Crippen LogP contribution in [-0.4, -0.2) is 76.5 Å². The molecule has 8 nitrogen and oxygen atoms in total. The third-order valence-electron chi connectivity index (χ3n) is 5.19. The van der Waals surface area contributed by atoms with Gasteiger partial charge < -0.3 is 15.0 Å². The van der Waals surface area contributed by atoms with Crippen molar-refractivity contribution in [3.8, 4) is 5.69 Å². The number of halogens is 1. The van der Waals surface area contributed by atoms with Gasteiger partial charge in [-0.15, -0.1) is 0 Å². The number of nitrogens with zero attached hydrogens (tertiary/aromatic N) is 4. The van der Waals surface area contributed by atoms with Gasteiger partial charge >= 0.3 is 6.09 Å². The minimum atomic E-state index is -0.481. The maximum atomic E-state index is 12.7. The van der Waals surface area contributed by atoms with Crippen LogP contribution in [0.5, 0.6) is 0 Å². The number of aromatic nitrogens is 2. The zero-order valence-electron chi connectivity index (χ0n) is 19.2. The molecule has 1 N–H and O–H groups in total. The zero-order chi connectivity index (χ0) is 23.3. The molecule has 2 heterocycles. The molecule has 2 amide bonds. The third-order valence-corrected chi connectivity index (χ3v) is 5.54. The van der Waals surface area contributed by atoms with Crippen LogP contribution < -0.4 is 5.32 Å². The highest BCUT2D eigenvalue weighted by molar-refractivity contribution is 6.33. The molecule has 0 saturated carbocycles. The van der Waals surface area contributed by atoms with E-state index >= 15 is 0 Å². The number of aryl methyl sites for hydroxylation is 1. The molecule has 1 saturated heterocycles. The Bertz CT molecular complexity index is 931. The number of carbonyl (C=O) groups excluding carboxylic acids is 2. The predicted octanol–water partition coefficient (Wildman–Crippen LogP) is 3.51. The molecule has 32 heavy (non-hydrogen) atoms. The van der Waals surface area contributed by atoms with E-state index < -0.39 is 5.60 Å². The average Bonchev–Trinajstić information content (AvgIpc) is 3.05. The molecule has 0 aliphatic carbocycles. The van der Waals surface area contributed by atoms with Crippen molar-refractivity contribution in [2.24, 2.45) is 0 Å². The highest BCUT2D eigenvalue weighted by Gasteiger charge is 2.26. The Morgan fingerprint density at radius 2 is 1.78 bits per heavy atom. The summed E-state index contributed by atoms with van der Waals surface area (Å²) in [6, 6.07) is 9.50. The summed E-state index contributed by atoms with van der Waals surface area (Å²) in [5.74, 6) is -0.218. The molecule has 0 radical (unpaired) electrons. The van der Waals surface area contributed by atoms with E-state index in [0.717, 1.165) is 31.7 Å². The minimum absolute atomic E-state index is 0.218. The van der Waals surface area contributed by atoms with Gasteiger partial charge in [-0.3, -0.25) is 9.69 Å². The second-order valence-electron chi connectivity index (χ2n) is 8.92. The summed E-state index contributed by atoms with van der Waals surface area (Å²) < 4.78 is 7.01. The Balaban J connectivity index is 1.43. The van der Waals surface area contributed by atoms with Crippen molar-refractivity contribution in [2.45, 2.75) is 39.7 Å². The smallest absolute Gasteiger partial charge is 0.410 e. The molecule has 174 valence electrons. The first-order chi connectivity index (χ1) is 15.2. The Kier molecular flexibility index (Phi) is 7.79. The molecule has 1 aromatic carbocycles. The molecule has 0 atom stereocenters. The van der Waals surface area contributed by atoms with E-state index in [1.807, 2.05) is 51.1 Å². The Labute approximate surface area is 194 Å². The molecule has 2 aromatic rings. The lowest BCUT2D eigenvalue weighted by Crippen LogP contribution is -2.50. The highest BCUT2D eigenvalue weighted by Crippen LogP contribution is 2.23. The number of amides is 2. The van der Waals surface area contributed by atoms with Crippen LogP contribution in [0.25, 0.3) is 5.69 Å². The van der Waals surface area contributed by atoms with Gasteiger partial charge in [0.2, 0.25) is 0 Å². The van der Waals surface area contributed by atoms with Crippen LogP contribution in [-0.2, 0) is 4.74 Å². The van der Waals surface area contributed by atoms with E-state index in [-0.39, 0.29) is 12.0 Å². The van der Waals surface area contributed by atoms with Gasteiger partial charge in [0, 0.05) is 32.7 Å². The van der Waals surface area contributed by atoms with Crippen LogP contribution >= 0.6 is 11.6 Å². The molecular formula is C23H32ClN5O3. The fourth-order valence-corrected chi connectivity index (χ4v) is 3.93. The number of hydrogen-bond donors (Lipinski definition) is 1. The van der Waals surface area contributed by atoms with E-state index in [4.69, 9.17) is 16.3 Å². The summed E-state index contributed by atoms with van der Waals surface area (Å²) in [5.41, 5.74) is 1.33. The van der Waals surface area contributed by atoms with Gasteiger partial charge in [-0.1, -0.05) is 29.8 Å². The van der Waals surface area contributed by atoms with Crippen LogP contribution in [0.2, 0.25) is 5.15 Å². The molecule has 3 rings (SSSR count). The number of para-hydroxylation sites is 1. The van der Waals surface area contributed by atoms with E-state index in [9.17, 15) is 9.59 Å². The van der Waals surface area contributed by atoms with Gasteiger partial charge in [0.15, 0.2) is 0 Å². The average molecular weight is 462 g/mol. The SMILES string of the molecule is Cc1nn(-c2ccccc2)c(Cl)c1C(=O)NCCCN1CCN(C(=O)OC(C)(C)C)CC1. The number of nitrogens with one attached hydrogen (secondary N) is 1. The van der Waals surface area contributed by atoms with Crippen LogP contribution in [0.1, 0.15) is 43.2 Å². The van der Waals surface area contributed by atoms with Gasteiger partial charge in [-0.25, -0.2) is 9.48 Å². The first kappa shape index (κ1) is 24.1. The molecule has 0 unspecified atom stereocenters. The van der Waals surface area contributed by atoms with Crippen molar-refractivity contribution in [1.82, 2.24) is 24.9 Å². The Morgan fingerprint density at radius 3 is 2.41 bits per heavy atom. The molecule has 1 aliphatic rings. The number of carbonyl (C=O) groups is 2. The van der Waals surface area contributed by atoms with Gasteiger partial charge in [-0.05, 0) is 52.8 Å². The number of benzene rings is 1. The Hall–Kier alpha value is -2.58. The number of piperazine rings is 1. The van der Waals surface area contributed by atoms with Crippen LogP contribution in [0.15, 0.2) is 30.3 Å². The molecule has 1 fully saturated rings. The molecule has 1 aliphatic heterocycles. The molecule has 0 bridgehead atoms. The first-order valence-corrected chi connectivity index (χ1v) is 11.3. The topological polar surface area (TPSA) is 79.7 Å². The van der Waals surface area contributed by atoms with E-state index in [1.54, 1.807) is 16.5 Å². The summed E-state index contributed by atoms with van der Waals surface area (Å²) in [4.78, 5) is 28.9. The second-order valence-corrected chi connectivity index (χ2v) is 9.28. The third kappa shape index (κ3) is 6.23. The van der Waals surface area contributed by atoms with Gasteiger partial charge in [0.1, 0.15) is 10.8 Å². The van der Waals surface area contributed by atoms with Crippen LogP contribution in [0, 0.1) is 6.92 Å². The monoisotopic (exact) mass is 461 g/mol. The van der Waals surface area contributed by atoms with E-state index in [0.29, 0.717) is 36.0 Å². The first-order valence-electron chi connectivity index (χ1n) is 10.9. The lowest BCUT2D eigenvalue weighted by molar-refractivity contribution is 0.0144. The summed E-state index contributed by atoms with van der Waals surface area (Å²) in [5, 5.41) is 7.68.